The Labute approximate surface area is 257 Å². The van der Waals surface area contributed by atoms with Crippen LogP contribution >= 0.6 is 11.3 Å². The Bertz CT molecular complexity index is 2510. The van der Waals surface area contributed by atoms with Crippen LogP contribution in [0, 0.1) is 0 Å². The number of hydrogen-bond donors (Lipinski definition) is 0. The van der Waals surface area contributed by atoms with E-state index in [4.69, 9.17) is 14.4 Å². The van der Waals surface area contributed by atoms with Gasteiger partial charge < -0.3 is 4.42 Å². The molecule has 0 spiro atoms. The molecule has 4 heteroatoms. The van der Waals surface area contributed by atoms with Crippen LogP contribution in [0.3, 0.4) is 0 Å². The fourth-order valence-electron chi connectivity index (χ4n) is 6.28. The molecule has 3 nitrogen and oxygen atoms in total. The summed E-state index contributed by atoms with van der Waals surface area (Å²) < 4.78 is 9.05. The Hall–Kier alpha value is -5.58. The zero-order chi connectivity index (χ0) is 29.0. The van der Waals surface area contributed by atoms with Crippen LogP contribution in [-0.4, -0.2) is 9.97 Å². The molecule has 0 radical (unpaired) electrons. The normalized spacial score (nSPS) is 11.6. The molecule has 0 aliphatic carbocycles. The molecule has 3 heterocycles. The van der Waals surface area contributed by atoms with Gasteiger partial charge >= 0.3 is 0 Å². The van der Waals surface area contributed by atoms with E-state index in [0.29, 0.717) is 5.58 Å². The fourth-order valence-corrected chi connectivity index (χ4v) is 7.52. The summed E-state index contributed by atoms with van der Waals surface area (Å²) in [5, 5.41) is 3.58. The molecule has 0 aliphatic rings. The first-order valence-electron chi connectivity index (χ1n) is 14.6. The summed E-state index contributed by atoms with van der Waals surface area (Å²) in [7, 11) is 0. The number of rotatable bonds is 4. The van der Waals surface area contributed by atoms with Crippen molar-refractivity contribution < 1.29 is 4.42 Å². The van der Waals surface area contributed by atoms with Crippen molar-refractivity contribution >= 4 is 53.6 Å². The molecule has 0 amide bonds. The van der Waals surface area contributed by atoms with Crippen molar-refractivity contribution in [2.45, 2.75) is 0 Å². The number of hydrogen-bond acceptors (Lipinski definition) is 4. The van der Waals surface area contributed by atoms with E-state index in [0.717, 1.165) is 44.4 Å². The van der Waals surface area contributed by atoms with Crippen molar-refractivity contribution in [2.75, 3.05) is 0 Å². The van der Waals surface area contributed by atoms with E-state index in [-0.39, 0.29) is 0 Å². The Morgan fingerprint density at radius 1 is 0.477 bits per heavy atom. The molecule has 9 rings (SSSR count). The van der Waals surface area contributed by atoms with E-state index in [9.17, 15) is 0 Å². The third-order valence-corrected chi connectivity index (χ3v) is 9.62. The van der Waals surface area contributed by atoms with Crippen molar-refractivity contribution in [1.29, 1.82) is 0 Å². The quantitative estimate of drug-likeness (QED) is 0.208. The van der Waals surface area contributed by atoms with Crippen molar-refractivity contribution in [2.24, 2.45) is 0 Å². The maximum absolute atomic E-state index is 6.45. The van der Waals surface area contributed by atoms with Crippen LogP contribution in [0.5, 0.6) is 0 Å². The molecular weight excluding hydrogens is 557 g/mol. The summed E-state index contributed by atoms with van der Waals surface area (Å²) in [6.45, 7) is 0. The van der Waals surface area contributed by atoms with Gasteiger partial charge in [0.1, 0.15) is 23.1 Å². The molecule has 0 saturated heterocycles. The average molecular weight is 581 g/mol. The standard InChI is InChI=1S/C40H24N2OS/c1-2-9-25(10-3-1)26-11-6-12-27(21-26)28-19-20-35-34(23-28)38-39(43-35)37(41-24-42-38)30-14-7-13-29(22-30)31-16-8-17-33-32-15-4-5-18-36(32)44-40(31)33/h1-24H. The number of thiophene rings is 1. The van der Waals surface area contributed by atoms with E-state index in [2.05, 4.69) is 127 Å². The Kier molecular flexibility index (Phi) is 5.68. The minimum absolute atomic E-state index is 0.704. The first-order chi connectivity index (χ1) is 21.8. The van der Waals surface area contributed by atoms with Gasteiger partial charge in [-0.15, -0.1) is 11.3 Å². The predicted octanol–water partition coefficient (Wildman–Crippen LogP) is 11.4. The molecule has 206 valence electrons. The molecule has 0 aliphatic heterocycles. The molecule has 9 aromatic rings. The van der Waals surface area contributed by atoms with Gasteiger partial charge in [-0.2, -0.15) is 0 Å². The lowest BCUT2D eigenvalue weighted by Gasteiger charge is -2.07. The zero-order valence-electron chi connectivity index (χ0n) is 23.6. The average Bonchev–Trinajstić information content (AvgIpc) is 3.67. The fraction of sp³-hybridized carbons (Fsp3) is 0. The largest absolute Gasteiger partial charge is 0.452 e. The molecule has 6 aromatic carbocycles. The van der Waals surface area contributed by atoms with Crippen LogP contribution in [0.1, 0.15) is 0 Å². The monoisotopic (exact) mass is 580 g/mol. The molecule has 0 N–H and O–H groups in total. The van der Waals surface area contributed by atoms with Crippen LogP contribution in [0.4, 0.5) is 0 Å². The second kappa shape index (κ2) is 10.0. The van der Waals surface area contributed by atoms with Gasteiger partial charge in [0.05, 0.1) is 0 Å². The summed E-state index contributed by atoms with van der Waals surface area (Å²) in [5.41, 5.74) is 11.2. The van der Waals surface area contributed by atoms with Gasteiger partial charge in [0.2, 0.25) is 0 Å². The van der Waals surface area contributed by atoms with Crippen molar-refractivity contribution in [3.63, 3.8) is 0 Å². The third kappa shape index (κ3) is 4.03. The summed E-state index contributed by atoms with van der Waals surface area (Å²) in [4.78, 5) is 9.43. The smallest absolute Gasteiger partial charge is 0.180 e. The number of furan rings is 1. The van der Waals surface area contributed by atoms with Gasteiger partial charge in [0, 0.05) is 31.1 Å². The topological polar surface area (TPSA) is 38.9 Å². The Morgan fingerprint density at radius 3 is 2.07 bits per heavy atom. The molecule has 44 heavy (non-hydrogen) atoms. The maximum Gasteiger partial charge on any atom is 0.180 e. The molecule has 0 bridgehead atoms. The van der Waals surface area contributed by atoms with Crippen molar-refractivity contribution in [3.05, 3.63) is 146 Å². The van der Waals surface area contributed by atoms with Crippen LogP contribution < -0.4 is 0 Å². The summed E-state index contributed by atoms with van der Waals surface area (Å²) in [6.07, 6.45) is 1.65. The van der Waals surface area contributed by atoms with Gasteiger partial charge in [0.25, 0.3) is 0 Å². The lowest BCUT2D eigenvalue weighted by molar-refractivity contribution is 0.667. The molecule has 0 fully saturated rings. The first-order valence-corrected chi connectivity index (χ1v) is 15.5. The number of aromatic nitrogens is 2. The highest BCUT2D eigenvalue weighted by Gasteiger charge is 2.17. The van der Waals surface area contributed by atoms with Crippen LogP contribution in [0.25, 0.3) is 86.9 Å². The molecule has 0 atom stereocenters. The second-order valence-corrected chi connectivity index (χ2v) is 12.1. The summed E-state index contributed by atoms with van der Waals surface area (Å²) in [5.74, 6) is 0. The van der Waals surface area contributed by atoms with Crippen LogP contribution in [0.2, 0.25) is 0 Å². The third-order valence-electron chi connectivity index (χ3n) is 8.40. The van der Waals surface area contributed by atoms with Gasteiger partial charge in [0.15, 0.2) is 5.58 Å². The van der Waals surface area contributed by atoms with Gasteiger partial charge in [-0.3, -0.25) is 0 Å². The van der Waals surface area contributed by atoms with Crippen molar-refractivity contribution in [3.8, 4) is 44.6 Å². The highest BCUT2D eigenvalue weighted by Crippen LogP contribution is 2.41. The van der Waals surface area contributed by atoms with Crippen LogP contribution in [0.15, 0.2) is 150 Å². The number of fused-ring (bicyclic) bond motifs is 6. The van der Waals surface area contributed by atoms with Gasteiger partial charge in [-0.25, -0.2) is 9.97 Å². The van der Waals surface area contributed by atoms with E-state index in [1.165, 1.54) is 36.9 Å². The molecule has 0 saturated carbocycles. The van der Waals surface area contributed by atoms with Crippen molar-refractivity contribution in [1.82, 2.24) is 9.97 Å². The maximum atomic E-state index is 6.45. The summed E-state index contributed by atoms with van der Waals surface area (Å²) >= 11 is 1.85. The minimum Gasteiger partial charge on any atom is -0.452 e. The van der Waals surface area contributed by atoms with E-state index in [1.54, 1.807) is 6.33 Å². The lowest BCUT2D eigenvalue weighted by atomic mass is 9.98. The van der Waals surface area contributed by atoms with Crippen LogP contribution in [-0.2, 0) is 0 Å². The summed E-state index contributed by atoms with van der Waals surface area (Å²) in [6, 6.07) is 49.3. The minimum atomic E-state index is 0.704. The van der Waals surface area contributed by atoms with Gasteiger partial charge in [-0.05, 0) is 63.7 Å². The van der Waals surface area contributed by atoms with E-state index in [1.807, 2.05) is 23.5 Å². The molecule has 3 aromatic heterocycles. The Morgan fingerprint density at radius 2 is 1.16 bits per heavy atom. The van der Waals surface area contributed by atoms with E-state index >= 15 is 0 Å². The first kappa shape index (κ1) is 25.0. The van der Waals surface area contributed by atoms with Gasteiger partial charge in [-0.1, -0.05) is 109 Å². The molecular formula is C40H24N2OS. The SMILES string of the molecule is c1ccc(-c2cccc(-c3ccc4oc5c(-c6cccc(-c7cccc8c7sc7ccccc78)c6)ncnc5c4c3)c2)cc1. The zero-order valence-corrected chi connectivity index (χ0v) is 24.4. The number of nitrogens with zero attached hydrogens (tertiary/aromatic N) is 2. The number of benzene rings is 6. The Balaban J connectivity index is 1.15. The second-order valence-electron chi connectivity index (χ2n) is 11.0. The van der Waals surface area contributed by atoms with E-state index < -0.39 is 0 Å². The lowest BCUT2D eigenvalue weighted by Crippen LogP contribution is -1.88. The predicted molar refractivity (Wildman–Crippen MR) is 184 cm³/mol. The highest BCUT2D eigenvalue weighted by atomic mass is 32.1. The molecule has 0 unspecified atom stereocenters. The highest BCUT2D eigenvalue weighted by molar-refractivity contribution is 7.26.